The second-order valence-corrected chi connectivity index (χ2v) is 9.33. The first-order chi connectivity index (χ1) is 15.0. The molecule has 1 aliphatic carbocycles. The number of carbonyl (C=O) groups excluding carboxylic acids is 2. The van der Waals surface area contributed by atoms with Gasteiger partial charge >= 0.3 is 0 Å². The molecule has 1 N–H and O–H groups in total. The van der Waals surface area contributed by atoms with E-state index in [9.17, 15) is 14.0 Å². The van der Waals surface area contributed by atoms with Crippen LogP contribution in [0.25, 0.3) is 0 Å². The Morgan fingerprint density at radius 1 is 1.10 bits per heavy atom. The Balaban J connectivity index is 1.38. The lowest BCUT2D eigenvalue weighted by atomic mass is 10.1. The van der Waals surface area contributed by atoms with Crippen molar-refractivity contribution >= 4 is 23.4 Å². The number of hydrogen-bond donors (Lipinski definition) is 1. The molecule has 2 aliphatic heterocycles. The lowest BCUT2D eigenvalue weighted by molar-refractivity contribution is -0.139. The first kappa shape index (κ1) is 22.5. The van der Waals surface area contributed by atoms with E-state index in [2.05, 4.69) is 10.2 Å². The summed E-state index contributed by atoms with van der Waals surface area (Å²) in [5.74, 6) is -0.476. The van der Waals surface area contributed by atoms with Crippen molar-refractivity contribution in [1.82, 2.24) is 20.0 Å². The summed E-state index contributed by atoms with van der Waals surface area (Å²) in [5.41, 5.74) is 0.761. The minimum atomic E-state index is -0.531. The van der Waals surface area contributed by atoms with Crippen LogP contribution in [0.3, 0.4) is 0 Å². The Bertz CT molecular complexity index is 802. The van der Waals surface area contributed by atoms with Gasteiger partial charge < -0.3 is 10.2 Å². The molecule has 1 aromatic rings. The van der Waals surface area contributed by atoms with E-state index in [1.807, 2.05) is 9.80 Å². The van der Waals surface area contributed by atoms with E-state index in [1.165, 1.54) is 37.8 Å². The summed E-state index contributed by atoms with van der Waals surface area (Å²) in [6.07, 6.45) is 6.32. The van der Waals surface area contributed by atoms with Gasteiger partial charge in [-0.25, -0.2) is 4.39 Å². The van der Waals surface area contributed by atoms with Gasteiger partial charge in [0.05, 0.1) is 12.5 Å². The maximum absolute atomic E-state index is 13.4. The highest BCUT2D eigenvalue weighted by atomic mass is 35.5. The van der Waals surface area contributed by atoms with Crippen LogP contribution in [0.1, 0.15) is 44.1 Å². The van der Waals surface area contributed by atoms with Crippen molar-refractivity contribution in [2.45, 2.75) is 57.2 Å². The molecule has 1 atom stereocenters. The maximum atomic E-state index is 13.4. The second-order valence-electron chi connectivity index (χ2n) is 8.93. The summed E-state index contributed by atoms with van der Waals surface area (Å²) in [5, 5.41) is 3.23. The summed E-state index contributed by atoms with van der Waals surface area (Å²) in [4.78, 5) is 32.2. The van der Waals surface area contributed by atoms with Crippen molar-refractivity contribution in [1.29, 1.82) is 0 Å². The van der Waals surface area contributed by atoms with Gasteiger partial charge in [0.2, 0.25) is 11.8 Å². The maximum Gasteiger partial charge on any atom is 0.237 e. The molecule has 2 heterocycles. The highest BCUT2D eigenvalue weighted by molar-refractivity contribution is 6.31. The third-order valence-electron chi connectivity index (χ3n) is 6.92. The number of rotatable bonds is 5. The topological polar surface area (TPSA) is 55.9 Å². The highest BCUT2D eigenvalue weighted by Crippen LogP contribution is 2.25. The molecule has 1 saturated carbocycles. The Morgan fingerprint density at radius 3 is 2.68 bits per heavy atom. The van der Waals surface area contributed by atoms with Crippen LogP contribution in [0.15, 0.2) is 18.2 Å². The van der Waals surface area contributed by atoms with Gasteiger partial charge in [0.1, 0.15) is 5.82 Å². The molecule has 2 saturated heterocycles. The fourth-order valence-corrected chi connectivity index (χ4v) is 5.38. The molecule has 0 unspecified atom stereocenters. The average molecular weight is 451 g/mol. The van der Waals surface area contributed by atoms with Gasteiger partial charge in [0.25, 0.3) is 0 Å². The van der Waals surface area contributed by atoms with E-state index < -0.39 is 6.04 Å². The number of carbonyl (C=O) groups is 2. The molecule has 0 aromatic heterocycles. The van der Waals surface area contributed by atoms with Gasteiger partial charge in [-0.05, 0) is 37.0 Å². The molecule has 4 rings (SSSR count). The molecule has 31 heavy (non-hydrogen) atoms. The van der Waals surface area contributed by atoms with Crippen LogP contribution < -0.4 is 5.32 Å². The van der Waals surface area contributed by atoms with Crippen molar-refractivity contribution in [3.8, 4) is 0 Å². The van der Waals surface area contributed by atoms with Gasteiger partial charge in [-0.3, -0.25) is 19.4 Å². The average Bonchev–Trinajstić information content (AvgIpc) is 3.17. The fraction of sp³-hybridized carbons (Fsp3) is 0.652. The van der Waals surface area contributed by atoms with Crippen LogP contribution in [-0.2, 0) is 16.1 Å². The van der Waals surface area contributed by atoms with Crippen LogP contribution >= 0.6 is 11.6 Å². The summed E-state index contributed by atoms with van der Waals surface area (Å²) < 4.78 is 13.4. The Kier molecular flexibility index (Phi) is 7.46. The zero-order valence-electron chi connectivity index (χ0n) is 18.0. The molecule has 6 nitrogen and oxygen atoms in total. The predicted molar refractivity (Wildman–Crippen MR) is 118 cm³/mol. The Hall–Kier alpha value is -1.70. The second kappa shape index (κ2) is 10.3. The number of benzene rings is 1. The number of nitrogens with zero attached hydrogens (tertiary/aromatic N) is 3. The van der Waals surface area contributed by atoms with Crippen LogP contribution in [-0.4, -0.2) is 77.9 Å². The van der Waals surface area contributed by atoms with E-state index in [1.54, 1.807) is 6.07 Å². The summed E-state index contributed by atoms with van der Waals surface area (Å²) in [7, 11) is 0. The molecule has 0 bridgehead atoms. The largest absolute Gasteiger partial charge is 0.353 e. The van der Waals surface area contributed by atoms with Crippen molar-refractivity contribution in [2.75, 3.05) is 39.3 Å². The smallest absolute Gasteiger partial charge is 0.237 e. The van der Waals surface area contributed by atoms with Crippen LogP contribution in [0.2, 0.25) is 5.02 Å². The van der Waals surface area contributed by atoms with Crippen molar-refractivity contribution in [3.63, 3.8) is 0 Å². The van der Waals surface area contributed by atoms with Crippen LogP contribution in [0.4, 0.5) is 4.39 Å². The van der Waals surface area contributed by atoms with E-state index in [0.29, 0.717) is 30.7 Å². The van der Waals surface area contributed by atoms with E-state index in [4.69, 9.17) is 11.6 Å². The normalized spacial score (nSPS) is 24.3. The van der Waals surface area contributed by atoms with E-state index in [0.717, 1.165) is 38.2 Å². The predicted octanol–water partition coefficient (Wildman–Crippen LogP) is 2.65. The first-order valence-electron chi connectivity index (χ1n) is 11.5. The summed E-state index contributed by atoms with van der Waals surface area (Å²) in [6.45, 7) is 5.03. The standard InChI is InChI=1S/C23H32ClFN4O2/c24-20-14-18(25)7-6-17(20)16-29-11-8-26-23(31)21(29)15-22(30)28-10-3-9-27(12-13-28)19-4-1-2-5-19/h6-7,14,19,21H,1-5,8-13,15-16H2,(H,26,31)/t21-/m1/s1. The van der Waals surface area contributed by atoms with Gasteiger partial charge in [0, 0.05) is 56.9 Å². The molecule has 3 fully saturated rings. The molecule has 0 radical (unpaired) electrons. The zero-order valence-corrected chi connectivity index (χ0v) is 18.7. The minimum Gasteiger partial charge on any atom is -0.353 e. The molecule has 1 aromatic carbocycles. The third-order valence-corrected chi connectivity index (χ3v) is 7.27. The fourth-order valence-electron chi connectivity index (χ4n) is 5.16. The van der Waals surface area contributed by atoms with Crippen LogP contribution in [0.5, 0.6) is 0 Å². The summed E-state index contributed by atoms with van der Waals surface area (Å²) >= 11 is 6.20. The third kappa shape index (κ3) is 5.57. The molecule has 170 valence electrons. The van der Waals surface area contributed by atoms with Gasteiger partial charge in [-0.2, -0.15) is 0 Å². The molecule has 2 amide bonds. The Labute approximate surface area is 188 Å². The highest BCUT2D eigenvalue weighted by Gasteiger charge is 2.34. The van der Waals surface area contributed by atoms with Crippen molar-refractivity contribution in [3.05, 3.63) is 34.6 Å². The lowest BCUT2D eigenvalue weighted by Gasteiger charge is -2.36. The molecular weight excluding hydrogens is 419 g/mol. The lowest BCUT2D eigenvalue weighted by Crippen LogP contribution is -2.56. The number of nitrogens with one attached hydrogen (secondary N) is 1. The number of hydrogen-bond acceptors (Lipinski definition) is 4. The quantitative estimate of drug-likeness (QED) is 0.749. The minimum absolute atomic E-state index is 0.0329. The first-order valence-corrected chi connectivity index (χ1v) is 11.9. The molecule has 8 heteroatoms. The zero-order chi connectivity index (χ0) is 21.8. The molecule has 3 aliphatic rings. The number of piperazine rings is 1. The van der Waals surface area contributed by atoms with E-state index >= 15 is 0 Å². The van der Waals surface area contributed by atoms with E-state index in [-0.39, 0.29) is 24.1 Å². The molecular formula is C23H32ClFN4O2. The monoisotopic (exact) mass is 450 g/mol. The van der Waals surface area contributed by atoms with Gasteiger partial charge in [-0.15, -0.1) is 0 Å². The van der Waals surface area contributed by atoms with Crippen LogP contribution in [0, 0.1) is 5.82 Å². The van der Waals surface area contributed by atoms with Gasteiger partial charge in [0.15, 0.2) is 0 Å². The Morgan fingerprint density at radius 2 is 1.90 bits per heavy atom. The van der Waals surface area contributed by atoms with Crippen molar-refractivity contribution < 1.29 is 14.0 Å². The van der Waals surface area contributed by atoms with Crippen molar-refractivity contribution in [2.24, 2.45) is 0 Å². The SMILES string of the molecule is O=C1NCCN(Cc2ccc(F)cc2Cl)[C@@H]1CC(=O)N1CCCN(C2CCCC2)CC1. The van der Waals surface area contributed by atoms with Gasteiger partial charge in [-0.1, -0.05) is 30.5 Å². The number of halogens is 2. The summed E-state index contributed by atoms with van der Waals surface area (Å²) in [6, 6.07) is 4.45. The number of amides is 2. The molecule has 0 spiro atoms.